The van der Waals surface area contributed by atoms with Gasteiger partial charge in [0.25, 0.3) is 0 Å². The zero-order valence-corrected chi connectivity index (χ0v) is 6.86. The molecule has 1 aliphatic rings. The Balaban J connectivity index is 2.04. The number of rotatable bonds is 2. The van der Waals surface area contributed by atoms with Crippen molar-refractivity contribution in [1.82, 2.24) is 4.98 Å². The van der Waals surface area contributed by atoms with Crippen LogP contribution < -0.4 is 0 Å². The summed E-state index contributed by atoms with van der Waals surface area (Å²) in [6.07, 6.45) is 3.34. The fourth-order valence-corrected chi connectivity index (χ4v) is 1.58. The second kappa shape index (κ2) is 3.29. The number of aromatic amines is 1. The maximum atomic E-state index is 9.75. The van der Waals surface area contributed by atoms with Crippen LogP contribution in [0.25, 0.3) is 0 Å². The van der Waals surface area contributed by atoms with Crippen LogP contribution >= 0.6 is 0 Å². The highest BCUT2D eigenvalue weighted by atomic mass is 16.5. The van der Waals surface area contributed by atoms with Crippen molar-refractivity contribution in [2.45, 2.75) is 25.0 Å². The summed E-state index contributed by atoms with van der Waals surface area (Å²) in [5, 5.41) is 9.75. The second-order valence-corrected chi connectivity index (χ2v) is 3.12. The summed E-state index contributed by atoms with van der Waals surface area (Å²) in [6.45, 7) is 0.780. The average molecular weight is 167 g/mol. The van der Waals surface area contributed by atoms with E-state index in [0.29, 0.717) is 0 Å². The van der Waals surface area contributed by atoms with E-state index < -0.39 is 6.10 Å². The predicted molar refractivity (Wildman–Crippen MR) is 44.7 cm³/mol. The maximum Gasteiger partial charge on any atom is 0.120 e. The number of H-pyrrole nitrogens is 1. The van der Waals surface area contributed by atoms with E-state index in [1.54, 1.807) is 0 Å². The lowest BCUT2D eigenvalue weighted by molar-refractivity contribution is -0.00445. The fraction of sp³-hybridized carbons (Fsp3) is 0.556. The van der Waals surface area contributed by atoms with Gasteiger partial charge in [0.05, 0.1) is 6.10 Å². The molecule has 3 heteroatoms. The summed E-state index contributed by atoms with van der Waals surface area (Å²) in [5.74, 6) is 0. The largest absolute Gasteiger partial charge is 0.384 e. The molecular formula is C9H13NO2. The van der Waals surface area contributed by atoms with Gasteiger partial charge in [0.15, 0.2) is 0 Å². The van der Waals surface area contributed by atoms with Crippen molar-refractivity contribution in [3.05, 3.63) is 24.0 Å². The Morgan fingerprint density at radius 3 is 3.17 bits per heavy atom. The molecule has 3 nitrogen and oxygen atoms in total. The van der Waals surface area contributed by atoms with Crippen molar-refractivity contribution in [2.75, 3.05) is 6.61 Å². The Hall–Kier alpha value is -0.800. The van der Waals surface area contributed by atoms with Crippen LogP contribution in [0.1, 0.15) is 24.6 Å². The lowest BCUT2D eigenvalue weighted by atomic mass is 10.1. The summed E-state index contributed by atoms with van der Waals surface area (Å²) in [6, 6.07) is 3.76. The van der Waals surface area contributed by atoms with Gasteiger partial charge in [0, 0.05) is 18.5 Å². The zero-order chi connectivity index (χ0) is 8.39. The summed E-state index contributed by atoms with van der Waals surface area (Å²) >= 11 is 0. The van der Waals surface area contributed by atoms with Crippen LogP contribution in [0.4, 0.5) is 0 Å². The third-order valence-electron chi connectivity index (χ3n) is 2.26. The molecule has 0 bridgehead atoms. The Morgan fingerprint density at radius 2 is 2.58 bits per heavy atom. The lowest BCUT2D eigenvalue weighted by Crippen LogP contribution is -2.17. The molecule has 1 fully saturated rings. The number of aliphatic hydroxyl groups is 1. The van der Waals surface area contributed by atoms with Crippen molar-refractivity contribution in [2.24, 2.45) is 0 Å². The Bertz CT molecular complexity index is 227. The first kappa shape index (κ1) is 7.83. The molecular weight excluding hydrogens is 154 g/mol. The van der Waals surface area contributed by atoms with Gasteiger partial charge >= 0.3 is 0 Å². The van der Waals surface area contributed by atoms with E-state index in [9.17, 15) is 5.11 Å². The molecule has 2 N–H and O–H groups in total. The molecule has 2 heterocycles. The number of hydrogen-bond donors (Lipinski definition) is 2. The van der Waals surface area contributed by atoms with Crippen LogP contribution in [0, 0.1) is 0 Å². The minimum absolute atomic E-state index is 0.0105. The molecule has 1 aromatic rings. The van der Waals surface area contributed by atoms with Crippen molar-refractivity contribution in [3.8, 4) is 0 Å². The molecule has 0 aromatic carbocycles. The molecule has 1 saturated heterocycles. The van der Waals surface area contributed by atoms with Crippen LogP contribution in [0.5, 0.6) is 0 Å². The smallest absolute Gasteiger partial charge is 0.120 e. The van der Waals surface area contributed by atoms with E-state index in [4.69, 9.17) is 4.74 Å². The highest BCUT2D eigenvalue weighted by Gasteiger charge is 2.25. The van der Waals surface area contributed by atoms with Crippen molar-refractivity contribution < 1.29 is 9.84 Å². The Labute approximate surface area is 71.4 Å². The molecule has 0 spiro atoms. The minimum atomic E-state index is -0.484. The molecule has 0 radical (unpaired) electrons. The SMILES string of the molecule is OC(c1ccc[nH]1)C1CCCO1. The number of aliphatic hydroxyl groups excluding tert-OH is 1. The van der Waals surface area contributed by atoms with Gasteiger partial charge in [0.2, 0.25) is 0 Å². The van der Waals surface area contributed by atoms with E-state index in [0.717, 1.165) is 25.1 Å². The molecule has 0 saturated carbocycles. The van der Waals surface area contributed by atoms with Crippen molar-refractivity contribution in [1.29, 1.82) is 0 Å². The first-order chi connectivity index (χ1) is 5.88. The van der Waals surface area contributed by atoms with Crippen LogP contribution in [0.15, 0.2) is 18.3 Å². The number of aromatic nitrogens is 1. The average Bonchev–Trinajstić information content (AvgIpc) is 2.77. The van der Waals surface area contributed by atoms with Gasteiger partial charge < -0.3 is 14.8 Å². The van der Waals surface area contributed by atoms with E-state index in [1.165, 1.54) is 0 Å². The van der Waals surface area contributed by atoms with Gasteiger partial charge in [-0.15, -0.1) is 0 Å². The van der Waals surface area contributed by atoms with Crippen molar-refractivity contribution in [3.63, 3.8) is 0 Å². The van der Waals surface area contributed by atoms with Gasteiger partial charge in [-0.1, -0.05) is 0 Å². The Kier molecular flexibility index (Phi) is 2.15. The highest BCUT2D eigenvalue weighted by Crippen LogP contribution is 2.25. The maximum absolute atomic E-state index is 9.75. The second-order valence-electron chi connectivity index (χ2n) is 3.12. The van der Waals surface area contributed by atoms with Crippen LogP contribution in [0.2, 0.25) is 0 Å². The highest BCUT2D eigenvalue weighted by molar-refractivity contribution is 5.08. The normalized spacial score (nSPS) is 25.9. The van der Waals surface area contributed by atoms with Crippen molar-refractivity contribution >= 4 is 0 Å². The summed E-state index contributed by atoms with van der Waals surface area (Å²) in [7, 11) is 0. The van der Waals surface area contributed by atoms with Crippen LogP contribution in [0.3, 0.4) is 0 Å². The van der Waals surface area contributed by atoms with Gasteiger partial charge in [0.1, 0.15) is 6.10 Å². The van der Waals surface area contributed by atoms with E-state index >= 15 is 0 Å². The molecule has 2 rings (SSSR count). The third kappa shape index (κ3) is 1.38. The summed E-state index contributed by atoms with van der Waals surface area (Å²) < 4.78 is 5.37. The van der Waals surface area contributed by atoms with Gasteiger partial charge in [-0.3, -0.25) is 0 Å². The van der Waals surface area contributed by atoms with Gasteiger partial charge in [-0.25, -0.2) is 0 Å². The predicted octanol–water partition coefficient (Wildman–Crippen LogP) is 1.23. The van der Waals surface area contributed by atoms with E-state index in [2.05, 4.69) is 4.98 Å². The first-order valence-electron chi connectivity index (χ1n) is 4.31. The standard InChI is InChI=1S/C9H13NO2/c11-9(7-3-1-5-10-7)8-4-2-6-12-8/h1,3,5,8-11H,2,4,6H2. The summed E-state index contributed by atoms with van der Waals surface area (Å²) in [4.78, 5) is 2.98. The number of nitrogens with one attached hydrogen (secondary N) is 1. The molecule has 1 aromatic heterocycles. The Morgan fingerprint density at radius 1 is 1.67 bits per heavy atom. The molecule has 0 amide bonds. The first-order valence-corrected chi connectivity index (χ1v) is 4.31. The third-order valence-corrected chi connectivity index (χ3v) is 2.26. The minimum Gasteiger partial charge on any atom is -0.384 e. The lowest BCUT2D eigenvalue weighted by Gasteiger charge is -2.15. The van der Waals surface area contributed by atoms with E-state index in [-0.39, 0.29) is 6.10 Å². The molecule has 1 aliphatic heterocycles. The molecule has 12 heavy (non-hydrogen) atoms. The van der Waals surface area contributed by atoms with Crippen LogP contribution in [-0.2, 0) is 4.74 Å². The zero-order valence-electron chi connectivity index (χ0n) is 6.86. The molecule has 2 unspecified atom stereocenters. The topological polar surface area (TPSA) is 45.2 Å². The monoisotopic (exact) mass is 167 g/mol. The molecule has 66 valence electrons. The fourth-order valence-electron chi connectivity index (χ4n) is 1.58. The number of ether oxygens (including phenoxy) is 1. The van der Waals surface area contributed by atoms with E-state index in [1.807, 2.05) is 18.3 Å². The summed E-state index contributed by atoms with van der Waals surface area (Å²) in [5.41, 5.74) is 0.849. The quantitative estimate of drug-likeness (QED) is 0.695. The molecule has 2 atom stereocenters. The number of hydrogen-bond acceptors (Lipinski definition) is 2. The van der Waals surface area contributed by atoms with Gasteiger partial charge in [-0.05, 0) is 25.0 Å². The molecule has 0 aliphatic carbocycles. The van der Waals surface area contributed by atoms with Gasteiger partial charge in [-0.2, -0.15) is 0 Å². The van der Waals surface area contributed by atoms with Crippen LogP contribution in [-0.4, -0.2) is 22.8 Å².